The highest BCUT2D eigenvalue weighted by Gasteiger charge is 2.55. The van der Waals surface area contributed by atoms with Crippen LogP contribution in [0.4, 0.5) is 0 Å². The average molecular weight is 322 g/mol. The van der Waals surface area contributed by atoms with Crippen molar-refractivity contribution in [2.45, 2.75) is 44.6 Å². The van der Waals surface area contributed by atoms with E-state index in [9.17, 15) is 9.90 Å². The highest BCUT2D eigenvalue weighted by molar-refractivity contribution is 5.85. The second-order valence-electron chi connectivity index (χ2n) is 7.09. The standard InChI is InChI=1S/C18H23NO2.ClH/c20-17(21)18-10-4-7-14(18)11-19(12-18)16-9-3-6-13-5-1-2-8-15(13)16;/h1-2,5,8,14,16H,3-4,6-7,9-12H2,(H,20,21);1H/t14-,16?,18+;/m0./s1. The van der Waals surface area contributed by atoms with Crippen molar-refractivity contribution in [3.8, 4) is 0 Å². The molecule has 4 rings (SSSR count). The predicted octanol–water partition coefficient (Wildman–Crippen LogP) is 3.67. The lowest BCUT2D eigenvalue weighted by Gasteiger charge is -2.34. The maximum atomic E-state index is 11.9. The molecule has 0 spiro atoms. The Kier molecular flexibility index (Phi) is 4.21. The number of aryl methyl sites for hydroxylation is 1. The summed E-state index contributed by atoms with van der Waals surface area (Å²) in [5.41, 5.74) is 2.46. The summed E-state index contributed by atoms with van der Waals surface area (Å²) >= 11 is 0. The van der Waals surface area contributed by atoms with E-state index in [-0.39, 0.29) is 12.4 Å². The number of carboxylic acid groups (broad SMARTS) is 1. The Hall–Kier alpha value is -1.06. The topological polar surface area (TPSA) is 40.5 Å². The molecular weight excluding hydrogens is 298 g/mol. The third-order valence-corrected chi connectivity index (χ3v) is 6.10. The molecule has 1 saturated heterocycles. The van der Waals surface area contributed by atoms with E-state index in [4.69, 9.17) is 0 Å². The number of benzene rings is 1. The van der Waals surface area contributed by atoms with Crippen LogP contribution in [-0.2, 0) is 11.2 Å². The SMILES string of the molecule is Cl.O=C(O)[C@@]12CCC[C@H]1CN(C1CCCc3ccccc31)C2. The number of carbonyl (C=O) groups is 1. The zero-order chi connectivity index (χ0) is 14.4. The molecule has 0 aromatic heterocycles. The van der Waals surface area contributed by atoms with E-state index in [0.717, 1.165) is 32.4 Å². The molecule has 0 bridgehead atoms. The summed E-state index contributed by atoms with van der Waals surface area (Å²) in [5, 5.41) is 9.76. The molecule has 3 aliphatic rings. The van der Waals surface area contributed by atoms with E-state index < -0.39 is 11.4 Å². The smallest absolute Gasteiger partial charge is 0.311 e. The van der Waals surface area contributed by atoms with Crippen LogP contribution in [0.1, 0.15) is 49.3 Å². The highest BCUT2D eigenvalue weighted by Crippen LogP contribution is 2.51. The number of rotatable bonds is 2. The van der Waals surface area contributed by atoms with Crippen molar-refractivity contribution in [1.29, 1.82) is 0 Å². The van der Waals surface area contributed by atoms with Gasteiger partial charge >= 0.3 is 5.97 Å². The van der Waals surface area contributed by atoms with Gasteiger partial charge in [-0.2, -0.15) is 0 Å². The van der Waals surface area contributed by atoms with Crippen molar-refractivity contribution in [2.24, 2.45) is 11.3 Å². The molecule has 0 amide bonds. The number of halogens is 1. The lowest BCUT2D eigenvalue weighted by atomic mass is 9.81. The van der Waals surface area contributed by atoms with Gasteiger partial charge in [-0.3, -0.25) is 9.69 Å². The van der Waals surface area contributed by atoms with Crippen LogP contribution in [0.2, 0.25) is 0 Å². The molecule has 1 aromatic carbocycles. The van der Waals surface area contributed by atoms with Crippen LogP contribution in [0.3, 0.4) is 0 Å². The van der Waals surface area contributed by atoms with Gasteiger partial charge in [-0.05, 0) is 49.1 Å². The minimum absolute atomic E-state index is 0. The van der Waals surface area contributed by atoms with E-state index in [2.05, 4.69) is 29.2 Å². The number of aliphatic carboxylic acids is 1. The molecule has 3 atom stereocenters. The van der Waals surface area contributed by atoms with Crippen LogP contribution in [0.5, 0.6) is 0 Å². The lowest BCUT2D eigenvalue weighted by Crippen LogP contribution is -2.37. The molecule has 4 heteroatoms. The number of nitrogens with zero attached hydrogens (tertiary/aromatic N) is 1. The molecule has 3 nitrogen and oxygen atoms in total. The molecule has 1 aromatic rings. The molecule has 2 fully saturated rings. The van der Waals surface area contributed by atoms with Crippen molar-refractivity contribution >= 4 is 18.4 Å². The van der Waals surface area contributed by atoms with Gasteiger partial charge in [0.15, 0.2) is 0 Å². The normalized spacial score (nSPS) is 33.8. The van der Waals surface area contributed by atoms with Gasteiger partial charge in [0.25, 0.3) is 0 Å². The van der Waals surface area contributed by atoms with Gasteiger partial charge in [-0.1, -0.05) is 30.7 Å². The van der Waals surface area contributed by atoms with Gasteiger partial charge in [-0.15, -0.1) is 12.4 Å². The Morgan fingerprint density at radius 1 is 1.23 bits per heavy atom. The van der Waals surface area contributed by atoms with E-state index in [1.54, 1.807) is 0 Å². The predicted molar refractivity (Wildman–Crippen MR) is 88.4 cm³/mol. The van der Waals surface area contributed by atoms with Crippen LogP contribution in [0.25, 0.3) is 0 Å². The summed E-state index contributed by atoms with van der Waals surface area (Å²) in [4.78, 5) is 14.3. The number of likely N-dealkylation sites (tertiary alicyclic amines) is 1. The molecule has 120 valence electrons. The molecule has 1 N–H and O–H groups in total. The minimum Gasteiger partial charge on any atom is -0.481 e. The fraction of sp³-hybridized carbons (Fsp3) is 0.611. The van der Waals surface area contributed by atoms with Crippen molar-refractivity contribution < 1.29 is 9.90 Å². The number of carboxylic acids is 1. The fourth-order valence-electron chi connectivity index (χ4n) is 5.02. The Bertz CT molecular complexity index is 576. The number of hydrogen-bond donors (Lipinski definition) is 1. The largest absolute Gasteiger partial charge is 0.481 e. The third kappa shape index (κ3) is 2.26. The third-order valence-electron chi connectivity index (χ3n) is 6.10. The van der Waals surface area contributed by atoms with Gasteiger partial charge < -0.3 is 5.11 Å². The fourth-order valence-corrected chi connectivity index (χ4v) is 5.02. The first kappa shape index (κ1) is 15.8. The summed E-state index contributed by atoms with van der Waals surface area (Å²) in [7, 11) is 0. The van der Waals surface area contributed by atoms with Crippen LogP contribution < -0.4 is 0 Å². The molecule has 0 radical (unpaired) electrons. The van der Waals surface area contributed by atoms with Crippen LogP contribution in [-0.4, -0.2) is 29.1 Å². The molecule has 22 heavy (non-hydrogen) atoms. The summed E-state index contributed by atoms with van der Waals surface area (Å²) in [6, 6.07) is 9.18. The maximum Gasteiger partial charge on any atom is 0.311 e. The Labute approximate surface area is 138 Å². The first-order valence-electron chi connectivity index (χ1n) is 8.26. The van der Waals surface area contributed by atoms with E-state index in [1.807, 2.05) is 0 Å². The lowest BCUT2D eigenvalue weighted by molar-refractivity contribution is -0.149. The summed E-state index contributed by atoms with van der Waals surface area (Å²) in [6.07, 6.45) is 6.64. The molecule has 2 aliphatic carbocycles. The molecule has 1 heterocycles. The zero-order valence-electron chi connectivity index (χ0n) is 12.8. The van der Waals surface area contributed by atoms with Crippen LogP contribution in [0.15, 0.2) is 24.3 Å². The van der Waals surface area contributed by atoms with E-state index in [1.165, 1.54) is 30.4 Å². The second kappa shape index (κ2) is 5.86. The van der Waals surface area contributed by atoms with Crippen molar-refractivity contribution in [2.75, 3.05) is 13.1 Å². The Morgan fingerprint density at radius 2 is 2.05 bits per heavy atom. The van der Waals surface area contributed by atoms with Gasteiger partial charge in [-0.25, -0.2) is 0 Å². The van der Waals surface area contributed by atoms with Crippen molar-refractivity contribution in [3.05, 3.63) is 35.4 Å². The number of hydrogen-bond acceptors (Lipinski definition) is 2. The van der Waals surface area contributed by atoms with Gasteiger partial charge in [0.2, 0.25) is 0 Å². The first-order valence-corrected chi connectivity index (χ1v) is 8.26. The highest BCUT2D eigenvalue weighted by atomic mass is 35.5. The maximum absolute atomic E-state index is 11.9. The number of fused-ring (bicyclic) bond motifs is 2. The van der Waals surface area contributed by atoms with Gasteiger partial charge in [0, 0.05) is 19.1 Å². The molecule has 1 unspecified atom stereocenters. The average Bonchev–Trinajstić information content (AvgIpc) is 3.04. The molecular formula is C18H24ClNO2. The van der Waals surface area contributed by atoms with E-state index in [0.29, 0.717) is 12.0 Å². The summed E-state index contributed by atoms with van der Waals surface area (Å²) < 4.78 is 0. The second-order valence-corrected chi connectivity index (χ2v) is 7.09. The first-order chi connectivity index (χ1) is 10.2. The Balaban J connectivity index is 0.00000144. The van der Waals surface area contributed by atoms with Gasteiger partial charge in [0.1, 0.15) is 0 Å². The quantitative estimate of drug-likeness (QED) is 0.903. The summed E-state index contributed by atoms with van der Waals surface area (Å²) in [6.45, 7) is 1.73. The Morgan fingerprint density at radius 3 is 2.82 bits per heavy atom. The monoisotopic (exact) mass is 321 g/mol. The zero-order valence-corrected chi connectivity index (χ0v) is 13.6. The molecule has 1 saturated carbocycles. The van der Waals surface area contributed by atoms with Crippen molar-refractivity contribution in [3.63, 3.8) is 0 Å². The van der Waals surface area contributed by atoms with Gasteiger partial charge in [0.05, 0.1) is 5.41 Å². The van der Waals surface area contributed by atoms with Crippen LogP contribution in [0, 0.1) is 11.3 Å². The molecule has 1 aliphatic heterocycles. The minimum atomic E-state index is -0.559. The summed E-state index contributed by atoms with van der Waals surface area (Å²) in [5.74, 6) is -0.194. The van der Waals surface area contributed by atoms with E-state index >= 15 is 0 Å². The van der Waals surface area contributed by atoms with Crippen molar-refractivity contribution in [1.82, 2.24) is 4.90 Å². The van der Waals surface area contributed by atoms with Crippen LogP contribution >= 0.6 is 12.4 Å².